The number of ether oxygens (including phenoxy) is 2. The van der Waals surface area contributed by atoms with Crippen molar-refractivity contribution in [3.05, 3.63) is 23.8 Å². The summed E-state index contributed by atoms with van der Waals surface area (Å²) >= 11 is 0. The van der Waals surface area contributed by atoms with E-state index in [4.69, 9.17) is 9.47 Å². The number of amides is 1. The number of hydrogen-bond acceptors (Lipinski definition) is 3. The molecule has 0 unspecified atom stereocenters. The highest BCUT2D eigenvalue weighted by Crippen LogP contribution is 2.42. The minimum absolute atomic E-state index is 0.0636. The molecule has 3 rings (SSSR count). The summed E-state index contributed by atoms with van der Waals surface area (Å²) < 4.78 is 11.6. The van der Waals surface area contributed by atoms with Crippen molar-refractivity contribution in [3.63, 3.8) is 0 Å². The molecule has 1 aromatic rings. The number of methoxy groups -OCH3 is 1. The van der Waals surface area contributed by atoms with Crippen molar-refractivity contribution in [2.45, 2.75) is 64.1 Å². The van der Waals surface area contributed by atoms with Crippen molar-refractivity contribution >= 4 is 11.6 Å². The number of carbonyl (C=O) groups excluding carboxylic acids is 1. The lowest BCUT2D eigenvalue weighted by atomic mass is 9.99. The second kappa shape index (κ2) is 6.52. The van der Waals surface area contributed by atoms with E-state index in [1.165, 1.54) is 12.8 Å². The van der Waals surface area contributed by atoms with Crippen LogP contribution in [0.25, 0.3) is 0 Å². The maximum atomic E-state index is 12.6. The molecule has 1 amide bonds. The Hall–Kier alpha value is -1.55. The maximum Gasteiger partial charge on any atom is 0.256 e. The Morgan fingerprint density at radius 3 is 2.48 bits per heavy atom. The van der Waals surface area contributed by atoms with E-state index in [2.05, 4.69) is 5.32 Å². The number of benzene rings is 1. The van der Waals surface area contributed by atoms with Crippen LogP contribution in [0.1, 0.15) is 51.0 Å². The highest BCUT2D eigenvalue weighted by Gasteiger charge is 2.47. The number of nitrogens with one attached hydrogen (secondary N) is 1. The van der Waals surface area contributed by atoms with Gasteiger partial charge in [-0.05, 0) is 82.1 Å². The maximum absolute atomic E-state index is 12.6. The molecule has 1 aromatic carbocycles. The van der Waals surface area contributed by atoms with E-state index in [-0.39, 0.29) is 5.91 Å². The lowest BCUT2D eigenvalue weighted by molar-refractivity contribution is -0.138. The summed E-state index contributed by atoms with van der Waals surface area (Å²) in [7, 11) is 1.61. The van der Waals surface area contributed by atoms with E-state index in [1.807, 2.05) is 32.0 Å². The lowest BCUT2D eigenvalue weighted by Gasteiger charge is -2.27. The van der Waals surface area contributed by atoms with Crippen molar-refractivity contribution in [2.24, 2.45) is 5.92 Å². The molecule has 126 valence electrons. The smallest absolute Gasteiger partial charge is 0.256 e. The van der Waals surface area contributed by atoms with Gasteiger partial charge in [0.05, 0.1) is 6.10 Å². The molecule has 0 aromatic heterocycles. The fourth-order valence-corrected chi connectivity index (χ4v) is 3.38. The summed E-state index contributed by atoms with van der Waals surface area (Å²) in [6.45, 7) is 3.90. The molecule has 23 heavy (non-hydrogen) atoms. The van der Waals surface area contributed by atoms with Crippen LogP contribution in [-0.4, -0.2) is 24.7 Å². The Kier molecular flexibility index (Phi) is 4.62. The molecule has 4 heteroatoms. The van der Waals surface area contributed by atoms with Crippen molar-refractivity contribution in [1.82, 2.24) is 0 Å². The number of carbonyl (C=O) groups is 1. The fraction of sp³-hybridized carbons (Fsp3) is 0.632. The molecule has 1 atom stereocenters. The van der Waals surface area contributed by atoms with Crippen LogP contribution in [0.5, 0.6) is 5.75 Å². The van der Waals surface area contributed by atoms with E-state index in [9.17, 15) is 4.79 Å². The molecule has 2 fully saturated rings. The topological polar surface area (TPSA) is 47.6 Å². The van der Waals surface area contributed by atoms with Crippen LogP contribution in [0, 0.1) is 12.8 Å². The Bertz CT molecular complexity index is 576. The van der Waals surface area contributed by atoms with Crippen molar-refractivity contribution in [1.29, 1.82) is 0 Å². The zero-order valence-electron chi connectivity index (χ0n) is 14.4. The van der Waals surface area contributed by atoms with Gasteiger partial charge in [-0.2, -0.15) is 0 Å². The largest absolute Gasteiger partial charge is 0.490 e. The van der Waals surface area contributed by atoms with E-state index >= 15 is 0 Å². The van der Waals surface area contributed by atoms with Gasteiger partial charge >= 0.3 is 0 Å². The second-order valence-electron chi connectivity index (χ2n) is 7.04. The molecule has 2 aliphatic carbocycles. The molecule has 0 aliphatic heterocycles. The first kappa shape index (κ1) is 16.3. The summed E-state index contributed by atoms with van der Waals surface area (Å²) in [5.74, 6) is 1.19. The molecule has 0 heterocycles. The molecular formula is C19H27NO3. The Morgan fingerprint density at radius 1 is 1.22 bits per heavy atom. The molecule has 2 aliphatic rings. The quantitative estimate of drug-likeness (QED) is 0.860. The van der Waals surface area contributed by atoms with Crippen LogP contribution in [0.3, 0.4) is 0 Å². The molecule has 0 spiro atoms. The standard InChI is InChI=1S/C19H27NO3/c1-13-12-15(10-11-17(13)23-16-6-4-5-7-16)20-18(21)19(2,22-3)14-8-9-14/h10-12,14,16H,4-9H2,1-3H3,(H,20,21)/t19-/m1/s1. The van der Waals surface area contributed by atoms with Gasteiger partial charge in [0.2, 0.25) is 0 Å². The SMILES string of the molecule is CO[C@@](C)(C(=O)Nc1ccc(OC2CCCC2)c(C)c1)C1CC1. The van der Waals surface area contributed by atoms with E-state index in [0.717, 1.165) is 42.7 Å². The minimum Gasteiger partial charge on any atom is -0.490 e. The molecule has 1 N–H and O–H groups in total. The van der Waals surface area contributed by atoms with Gasteiger partial charge in [-0.25, -0.2) is 0 Å². The van der Waals surface area contributed by atoms with Crippen LogP contribution in [0.2, 0.25) is 0 Å². The van der Waals surface area contributed by atoms with Gasteiger partial charge in [-0.3, -0.25) is 4.79 Å². The summed E-state index contributed by atoms with van der Waals surface area (Å²) in [6, 6.07) is 5.86. The van der Waals surface area contributed by atoms with Crippen molar-refractivity contribution in [3.8, 4) is 5.75 Å². The summed E-state index contributed by atoms with van der Waals surface area (Å²) in [4.78, 5) is 12.6. The van der Waals surface area contributed by atoms with Gasteiger partial charge < -0.3 is 14.8 Å². The zero-order valence-corrected chi connectivity index (χ0v) is 14.4. The van der Waals surface area contributed by atoms with E-state index in [0.29, 0.717) is 12.0 Å². The highest BCUT2D eigenvalue weighted by molar-refractivity contribution is 5.97. The molecule has 0 radical (unpaired) electrons. The number of aryl methyl sites for hydroxylation is 1. The van der Waals surface area contributed by atoms with Gasteiger partial charge in [-0.15, -0.1) is 0 Å². The van der Waals surface area contributed by atoms with Gasteiger partial charge in [-0.1, -0.05) is 0 Å². The molecule has 0 bridgehead atoms. The highest BCUT2D eigenvalue weighted by atomic mass is 16.5. The third-order valence-electron chi connectivity index (χ3n) is 5.26. The second-order valence-corrected chi connectivity index (χ2v) is 7.04. The van der Waals surface area contributed by atoms with Gasteiger partial charge in [0.15, 0.2) is 0 Å². The molecule has 0 saturated heterocycles. The Morgan fingerprint density at radius 2 is 1.91 bits per heavy atom. The first-order valence-corrected chi connectivity index (χ1v) is 8.67. The van der Waals surface area contributed by atoms with E-state index in [1.54, 1.807) is 7.11 Å². The third-order valence-corrected chi connectivity index (χ3v) is 5.26. The summed E-state index contributed by atoms with van der Waals surface area (Å²) in [5.41, 5.74) is 1.13. The Balaban J connectivity index is 1.66. The Labute approximate surface area is 138 Å². The average Bonchev–Trinajstić information content (AvgIpc) is 3.27. The first-order chi connectivity index (χ1) is 11.0. The van der Waals surface area contributed by atoms with Gasteiger partial charge in [0.1, 0.15) is 11.4 Å². The van der Waals surface area contributed by atoms with E-state index < -0.39 is 5.60 Å². The van der Waals surface area contributed by atoms with Gasteiger partial charge in [0, 0.05) is 12.8 Å². The molecular weight excluding hydrogens is 290 g/mol. The summed E-state index contributed by atoms with van der Waals surface area (Å²) in [5, 5.41) is 3.00. The lowest BCUT2D eigenvalue weighted by Crippen LogP contribution is -2.44. The van der Waals surface area contributed by atoms with Crippen LogP contribution >= 0.6 is 0 Å². The summed E-state index contributed by atoms with van der Waals surface area (Å²) in [6.07, 6.45) is 7.27. The number of hydrogen-bond donors (Lipinski definition) is 1. The first-order valence-electron chi connectivity index (χ1n) is 8.67. The minimum atomic E-state index is -0.729. The normalized spacial score (nSPS) is 21.0. The predicted octanol–water partition coefficient (Wildman–Crippen LogP) is 4.07. The average molecular weight is 317 g/mol. The number of rotatable bonds is 6. The van der Waals surface area contributed by atoms with Gasteiger partial charge in [0.25, 0.3) is 5.91 Å². The van der Waals surface area contributed by atoms with Crippen LogP contribution in [0.4, 0.5) is 5.69 Å². The molecule has 4 nitrogen and oxygen atoms in total. The fourth-order valence-electron chi connectivity index (χ4n) is 3.38. The van der Waals surface area contributed by atoms with Crippen molar-refractivity contribution in [2.75, 3.05) is 12.4 Å². The molecule has 2 saturated carbocycles. The zero-order chi connectivity index (χ0) is 16.4. The van der Waals surface area contributed by atoms with Crippen LogP contribution in [-0.2, 0) is 9.53 Å². The number of anilines is 1. The monoisotopic (exact) mass is 317 g/mol. The predicted molar refractivity (Wildman–Crippen MR) is 90.8 cm³/mol. The van der Waals surface area contributed by atoms with Crippen LogP contribution in [0.15, 0.2) is 18.2 Å². The van der Waals surface area contributed by atoms with Crippen LogP contribution < -0.4 is 10.1 Å². The third kappa shape index (κ3) is 3.52. The van der Waals surface area contributed by atoms with Crippen molar-refractivity contribution < 1.29 is 14.3 Å².